The second kappa shape index (κ2) is 16.6. The molecule has 8 atom stereocenters. The van der Waals surface area contributed by atoms with Crippen LogP contribution in [0.25, 0.3) is 0 Å². The number of esters is 1. The zero-order chi connectivity index (χ0) is 35.8. The van der Waals surface area contributed by atoms with Crippen molar-refractivity contribution in [1.29, 1.82) is 0 Å². The molecule has 10 heteroatoms. The Morgan fingerprint density at radius 3 is 2.46 bits per heavy atom. The number of ether oxygens (including phenoxy) is 2. The van der Waals surface area contributed by atoms with Crippen LogP contribution in [0.2, 0.25) is 0 Å². The molecule has 50 heavy (non-hydrogen) atoms. The van der Waals surface area contributed by atoms with Gasteiger partial charge in [0.05, 0.1) is 37.1 Å². The molecular weight excluding hydrogens is 634 g/mol. The van der Waals surface area contributed by atoms with E-state index in [9.17, 15) is 24.3 Å². The second-order valence-corrected chi connectivity index (χ2v) is 13.7. The molecule has 3 amide bonds. The summed E-state index contributed by atoms with van der Waals surface area (Å²) in [7, 11) is 0. The number of hydrogen-bond donors (Lipinski definition) is 2. The fourth-order valence-electron chi connectivity index (χ4n) is 8.17. The standard InChI is InChI=1S/C40H51N3O7/c1-5-8-20-33(45)41-25-32(29-18-13-10-14-19-29)49-39(48)34-31-21-22-40(50-31)35(34)37(46)43(30(26-44)24-28-16-11-9-12-17-28)36(40)38(47)42(23-7-3)27(4)15-6-2/h5,7,9-14,16-19,27,30-32,34-36,44H,1,3,6,8,15,20-26H2,2,4H3,(H,41,45)/t27?,30-,31-,32-,34+,35+,36-,40+/m1/s1. The van der Waals surface area contributed by atoms with Crippen LogP contribution in [0, 0.1) is 11.8 Å². The molecule has 1 spiro atoms. The van der Waals surface area contributed by atoms with E-state index in [0.717, 1.165) is 18.4 Å². The summed E-state index contributed by atoms with van der Waals surface area (Å²) in [5.41, 5.74) is 0.341. The summed E-state index contributed by atoms with van der Waals surface area (Å²) in [6, 6.07) is 16.8. The molecule has 0 radical (unpaired) electrons. The predicted octanol–water partition coefficient (Wildman–Crippen LogP) is 4.53. The minimum atomic E-state index is -1.26. The lowest BCUT2D eigenvalue weighted by Crippen LogP contribution is -2.60. The van der Waals surface area contributed by atoms with Gasteiger partial charge in [-0.25, -0.2) is 0 Å². The fourth-order valence-corrected chi connectivity index (χ4v) is 8.17. The van der Waals surface area contributed by atoms with Crippen molar-refractivity contribution in [3.8, 4) is 0 Å². The number of carbonyl (C=O) groups excluding carboxylic acids is 4. The monoisotopic (exact) mass is 685 g/mol. The van der Waals surface area contributed by atoms with Crippen molar-refractivity contribution in [2.45, 2.75) is 94.7 Å². The van der Waals surface area contributed by atoms with Crippen LogP contribution in [0.4, 0.5) is 0 Å². The summed E-state index contributed by atoms with van der Waals surface area (Å²) < 4.78 is 12.9. The van der Waals surface area contributed by atoms with Gasteiger partial charge in [-0.2, -0.15) is 0 Å². The zero-order valence-electron chi connectivity index (χ0n) is 29.2. The Morgan fingerprint density at radius 1 is 1.12 bits per heavy atom. The van der Waals surface area contributed by atoms with Gasteiger partial charge >= 0.3 is 5.97 Å². The maximum atomic E-state index is 14.8. The molecule has 3 fully saturated rings. The number of carbonyl (C=O) groups is 4. The van der Waals surface area contributed by atoms with Crippen LogP contribution < -0.4 is 5.32 Å². The first-order valence-corrected chi connectivity index (χ1v) is 17.9. The maximum Gasteiger partial charge on any atom is 0.313 e. The minimum absolute atomic E-state index is 0.0520. The van der Waals surface area contributed by atoms with Crippen molar-refractivity contribution in [3.05, 3.63) is 97.1 Å². The third-order valence-corrected chi connectivity index (χ3v) is 10.5. The van der Waals surface area contributed by atoms with E-state index in [1.54, 1.807) is 17.1 Å². The normalized spacial score (nSPS) is 25.3. The van der Waals surface area contributed by atoms with Gasteiger partial charge in [-0.05, 0) is 50.2 Å². The number of benzene rings is 2. The van der Waals surface area contributed by atoms with Crippen molar-refractivity contribution >= 4 is 23.7 Å². The molecule has 0 aliphatic carbocycles. The number of allylic oxidation sites excluding steroid dienone is 1. The summed E-state index contributed by atoms with van der Waals surface area (Å²) in [4.78, 5) is 59.7. The van der Waals surface area contributed by atoms with E-state index in [2.05, 4.69) is 25.4 Å². The molecule has 3 saturated heterocycles. The lowest BCUT2D eigenvalue weighted by molar-refractivity contribution is -0.161. The molecule has 2 bridgehead atoms. The molecule has 2 N–H and O–H groups in total. The molecule has 0 saturated carbocycles. The number of nitrogens with zero attached hydrogens (tertiary/aromatic N) is 2. The van der Waals surface area contributed by atoms with Crippen LogP contribution in [0.1, 0.15) is 69.6 Å². The fraction of sp³-hybridized carbons (Fsp3) is 0.500. The molecule has 3 aliphatic heterocycles. The van der Waals surface area contributed by atoms with E-state index in [4.69, 9.17) is 9.47 Å². The summed E-state index contributed by atoms with van der Waals surface area (Å²) in [5, 5.41) is 13.7. The largest absolute Gasteiger partial charge is 0.455 e. The van der Waals surface area contributed by atoms with E-state index in [1.165, 1.54) is 4.90 Å². The zero-order valence-corrected chi connectivity index (χ0v) is 29.2. The summed E-state index contributed by atoms with van der Waals surface area (Å²) >= 11 is 0. The third-order valence-electron chi connectivity index (χ3n) is 10.5. The Labute approximate surface area is 295 Å². The smallest absolute Gasteiger partial charge is 0.313 e. The van der Waals surface area contributed by atoms with Crippen LogP contribution in [0.3, 0.4) is 0 Å². The molecule has 0 aromatic heterocycles. The van der Waals surface area contributed by atoms with Crippen molar-refractivity contribution < 1.29 is 33.8 Å². The van der Waals surface area contributed by atoms with Gasteiger partial charge in [-0.1, -0.05) is 86.2 Å². The molecule has 1 unspecified atom stereocenters. The Balaban J connectivity index is 1.50. The lowest BCUT2D eigenvalue weighted by Gasteiger charge is -2.41. The third kappa shape index (κ3) is 7.42. The summed E-state index contributed by atoms with van der Waals surface area (Å²) in [6.07, 6.45) is 5.54. The van der Waals surface area contributed by atoms with Gasteiger partial charge in [0.25, 0.3) is 0 Å². The highest BCUT2D eigenvalue weighted by Crippen LogP contribution is 2.59. The highest BCUT2D eigenvalue weighted by atomic mass is 16.6. The van der Waals surface area contributed by atoms with Gasteiger partial charge < -0.3 is 29.7 Å². The number of aliphatic hydroxyl groups excluding tert-OH is 1. The van der Waals surface area contributed by atoms with Gasteiger partial charge in [0.1, 0.15) is 17.7 Å². The Hall–Kier alpha value is -4.28. The van der Waals surface area contributed by atoms with Crippen molar-refractivity contribution in [1.82, 2.24) is 15.1 Å². The Kier molecular flexibility index (Phi) is 12.3. The molecule has 5 rings (SSSR count). The second-order valence-electron chi connectivity index (χ2n) is 13.7. The van der Waals surface area contributed by atoms with Crippen LogP contribution >= 0.6 is 0 Å². The van der Waals surface area contributed by atoms with E-state index in [0.29, 0.717) is 31.2 Å². The number of aliphatic hydroxyl groups is 1. The van der Waals surface area contributed by atoms with Gasteiger partial charge in [-0.15, -0.1) is 13.2 Å². The lowest BCUT2D eigenvalue weighted by atomic mass is 9.70. The van der Waals surface area contributed by atoms with Gasteiger partial charge in [0.15, 0.2) is 0 Å². The Bertz CT molecular complexity index is 1520. The van der Waals surface area contributed by atoms with Crippen LogP contribution in [0.5, 0.6) is 0 Å². The first-order valence-electron chi connectivity index (χ1n) is 17.9. The quantitative estimate of drug-likeness (QED) is 0.175. The molecule has 10 nitrogen and oxygen atoms in total. The molecule has 2 aromatic carbocycles. The number of hydrogen-bond acceptors (Lipinski definition) is 7. The number of nitrogens with one attached hydrogen (secondary N) is 1. The van der Waals surface area contributed by atoms with E-state index in [-0.39, 0.29) is 44.0 Å². The van der Waals surface area contributed by atoms with Gasteiger partial charge in [0, 0.05) is 19.0 Å². The molecule has 2 aromatic rings. The number of likely N-dealkylation sites (tertiary alicyclic amines) is 1. The van der Waals surface area contributed by atoms with Crippen LogP contribution in [-0.2, 0) is 35.1 Å². The van der Waals surface area contributed by atoms with Crippen molar-refractivity contribution in [3.63, 3.8) is 0 Å². The first kappa shape index (κ1) is 37.0. The highest BCUT2D eigenvalue weighted by Gasteiger charge is 2.75. The first-order chi connectivity index (χ1) is 24.2. The number of fused-ring (bicyclic) bond motifs is 1. The molecule has 3 aliphatic rings. The minimum Gasteiger partial charge on any atom is -0.455 e. The van der Waals surface area contributed by atoms with Gasteiger partial charge in [-0.3, -0.25) is 19.2 Å². The Morgan fingerprint density at radius 2 is 1.82 bits per heavy atom. The molecular formula is C40H51N3O7. The molecule has 268 valence electrons. The summed E-state index contributed by atoms with van der Waals surface area (Å²) in [6.45, 7) is 11.6. The SMILES string of the molecule is C=CCCC(=O)NC[C@@H](OC(=O)[C@@H]1[C@H]2C(=O)N([C@@H](CO)Cc3ccccc3)[C@H](C(=O)N(CC=C)C(C)CCC)[C@]23CC[C@H]1O3)c1ccccc1. The van der Waals surface area contributed by atoms with Crippen LogP contribution in [0.15, 0.2) is 86.0 Å². The predicted molar refractivity (Wildman–Crippen MR) is 189 cm³/mol. The van der Waals surface area contributed by atoms with Gasteiger partial charge in [0.2, 0.25) is 17.7 Å². The van der Waals surface area contributed by atoms with E-state index in [1.807, 2.05) is 67.6 Å². The number of rotatable bonds is 18. The molecule has 3 heterocycles. The van der Waals surface area contributed by atoms with E-state index < -0.39 is 53.6 Å². The summed E-state index contributed by atoms with van der Waals surface area (Å²) in [5.74, 6) is -3.40. The van der Waals surface area contributed by atoms with Crippen LogP contribution in [-0.4, -0.2) is 88.1 Å². The maximum absolute atomic E-state index is 14.8. The number of amides is 3. The van der Waals surface area contributed by atoms with E-state index >= 15 is 0 Å². The van der Waals surface area contributed by atoms with Crippen molar-refractivity contribution in [2.24, 2.45) is 11.8 Å². The highest BCUT2D eigenvalue weighted by molar-refractivity contribution is 5.98. The topological polar surface area (TPSA) is 125 Å². The van der Waals surface area contributed by atoms with Crippen molar-refractivity contribution in [2.75, 3.05) is 19.7 Å². The average Bonchev–Trinajstić information content (AvgIpc) is 3.78. The average molecular weight is 686 g/mol.